The van der Waals surface area contributed by atoms with Crippen LogP contribution >= 0.6 is 0 Å². The van der Waals surface area contributed by atoms with Crippen molar-refractivity contribution in [2.75, 3.05) is 159 Å². The van der Waals surface area contributed by atoms with Crippen LogP contribution in [0.15, 0.2) is 24.3 Å². The number of hydrogen-bond acceptors (Lipinski definition) is 20. The molecule has 10 N–H and O–H groups in total. The zero-order valence-corrected chi connectivity index (χ0v) is 51.6. The van der Waals surface area contributed by atoms with Gasteiger partial charge < -0.3 is 71.5 Å². The number of nitrogens with zero attached hydrogens (tertiary/aromatic N) is 11. The average Bonchev–Trinajstić information content (AvgIpc) is 2.97. The number of nitrogens with one attached hydrogen (secondary N) is 4. The fraction of sp³-hybridized carbons (Fsp3) is 0.712. The maximum Gasteiger partial charge on any atom is 0.326 e. The Balaban J connectivity index is 1.05. The number of piperazine rings is 2. The highest BCUT2D eigenvalue weighted by atomic mass is 16.4. The molecule has 0 bridgehead atoms. The van der Waals surface area contributed by atoms with E-state index in [4.69, 9.17) is 20.1 Å². The summed E-state index contributed by atoms with van der Waals surface area (Å²) in [5, 5.41) is 67.5. The Morgan fingerprint density at radius 3 is 1.52 bits per heavy atom. The van der Waals surface area contributed by atoms with Gasteiger partial charge in [-0.2, -0.15) is 15.0 Å². The van der Waals surface area contributed by atoms with Gasteiger partial charge in [0.1, 0.15) is 12.1 Å². The topological polar surface area (TPSA) is 371 Å². The van der Waals surface area contributed by atoms with E-state index in [1.54, 1.807) is 0 Å². The highest BCUT2D eigenvalue weighted by Gasteiger charge is 2.29. The van der Waals surface area contributed by atoms with Gasteiger partial charge in [0.05, 0.1) is 19.6 Å². The van der Waals surface area contributed by atoms with Crippen molar-refractivity contribution in [1.29, 1.82) is 0 Å². The molecule has 3 aliphatic rings. The summed E-state index contributed by atoms with van der Waals surface area (Å²) in [6.07, 6.45) is 9.26. The van der Waals surface area contributed by atoms with Crippen molar-refractivity contribution in [2.45, 2.75) is 128 Å². The molecule has 0 spiro atoms. The number of likely N-dealkylation sites (N-methyl/N-ethyl adjacent to an activating group) is 2. The second-order valence-corrected chi connectivity index (χ2v) is 23.0. The maximum atomic E-state index is 12.4. The van der Waals surface area contributed by atoms with Crippen LogP contribution in [-0.4, -0.2) is 285 Å². The van der Waals surface area contributed by atoms with Crippen LogP contribution < -0.4 is 31.1 Å². The molecular formula is C59H97N15O14. The smallest absolute Gasteiger partial charge is 0.326 e. The first-order valence-corrected chi connectivity index (χ1v) is 31.4. The van der Waals surface area contributed by atoms with Gasteiger partial charge in [-0.05, 0) is 82.3 Å². The lowest BCUT2D eigenvalue weighted by Gasteiger charge is -2.37. The Morgan fingerprint density at radius 2 is 0.989 bits per heavy atom. The predicted molar refractivity (Wildman–Crippen MR) is 329 cm³/mol. The molecule has 1 aromatic heterocycles. The third kappa shape index (κ3) is 27.6. The standard InChI is InChI=1S/C59H97N15O14/c1-3-67-25-26-68(4-2)29-38-74(43-53(82)83)46(40-71(28-27-67)42-52(80)81)39-44-17-19-45(20-18-44)61-56-64-57(66-58(65-56)73-36-32-70(33-37-73)41-51(78)79)72-34-30-69(31-35-72)24-14-10-8-6-5-7-9-11-16-49(75)60-23-13-12-15-47(54(84)85)62-59(88)63-48(55(86)87)21-22-50(76)77/h17-20,46-48H,3-16,21-43H2,1-2H3,(H,60,75)(H,76,77)(H,78,79)(H,80,81)(H,82,83)(H,84,85)(H,86,87)(H2,62,63,88)(H,61,64,65,66)/t46?,47-,48-/m0/s1. The van der Waals surface area contributed by atoms with Crippen LogP contribution in [0.3, 0.4) is 0 Å². The molecule has 1 unspecified atom stereocenters. The number of carboxylic acid groups (broad SMARTS) is 6. The van der Waals surface area contributed by atoms with Gasteiger partial charge in [0.25, 0.3) is 0 Å². The lowest BCUT2D eigenvalue weighted by atomic mass is 10.0. The van der Waals surface area contributed by atoms with Crippen molar-refractivity contribution in [3.05, 3.63) is 29.8 Å². The number of urea groups is 1. The Bertz CT molecular complexity index is 2500. The second kappa shape index (κ2) is 39.1. The van der Waals surface area contributed by atoms with Crippen molar-refractivity contribution in [1.82, 2.24) is 60.3 Å². The van der Waals surface area contributed by atoms with Crippen LogP contribution in [0.1, 0.15) is 109 Å². The first-order chi connectivity index (χ1) is 42.3. The fourth-order valence-electron chi connectivity index (χ4n) is 11.2. The number of amides is 3. The van der Waals surface area contributed by atoms with Crippen molar-refractivity contribution in [3.8, 4) is 0 Å². The van der Waals surface area contributed by atoms with Gasteiger partial charge in [0.15, 0.2) is 0 Å². The summed E-state index contributed by atoms with van der Waals surface area (Å²) in [6.45, 7) is 16.8. The zero-order chi connectivity index (χ0) is 63.8. The monoisotopic (exact) mass is 1240 g/mol. The Kier molecular flexibility index (Phi) is 31.8. The Hall–Kier alpha value is -7.05. The number of carboxylic acids is 6. The first kappa shape index (κ1) is 71.7. The lowest BCUT2D eigenvalue weighted by Crippen LogP contribution is -2.52. The summed E-state index contributed by atoms with van der Waals surface area (Å²) in [5.74, 6) is -5.33. The second-order valence-electron chi connectivity index (χ2n) is 23.0. The van der Waals surface area contributed by atoms with Crippen LogP contribution in [0.2, 0.25) is 0 Å². The highest BCUT2D eigenvalue weighted by molar-refractivity contribution is 5.86. The number of rotatable bonds is 37. The molecule has 5 rings (SSSR count). The third-order valence-electron chi connectivity index (χ3n) is 16.4. The minimum atomic E-state index is -1.49. The van der Waals surface area contributed by atoms with E-state index < -0.39 is 60.4 Å². The number of carbonyl (C=O) groups is 8. The fourth-order valence-corrected chi connectivity index (χ4v) is 11.2. The molecule has 0 saturated carbocycles. The van der Waals surface area contributed by atoms with E-state index in [-0.39, 0.29) is 44.4 Å². The molecule has 29 nitrogen and oxygen atoms in total. The number of carbonyl (C=O) groups excluding carboxylic acids is 2. The summed E-state index contributed by atoms with van der Waals surface area (Å²) < 4.78 is 0. The van der Waals surface area contributed by atoms with Crippen molar-refractivity contribution in [3.63, 3.8) is 0 Å². The van der Waals surface area contributed by atoms with Crippen LogP contribution in [0.25, 0.3) is 0 Å². The number of anilines is 4. The molecule has 3 fully saturated rings. The zero-order valence-electron chi connectivity index (χ0n) is 51.6. The van der Waals surface area contributed by atoms with E-state index >= 15 is 0 Å². The van der Waals surface area contributed by atoms with Gasteiger partial charge >= 0.3 is 41.8 Å². The van der Waals surface area contributed by atoms with Crippen LogP contribution in [0.5, 0.6) is 0 Å². The number of aromatic nitrogens is 3. The molecule has 3 saturated heterocycles. The average molecular weight is 1240 g/mol. The molecule has 2 aromatic rings. The lowest BCUT2D eigenvalue weighted by molar-refractivity contribution is -0.141. The van der Waals surface area contributed by atoms with Crippen molar-refractivity contribution >= 4 is 71.3 Å². The summed E-state index contributed by atoms with van der Waals surface area (Å²) in [7, 11) is 0. The Labute approximate surface area is 516 Å². The maximum absolute atomic E-state index is 12.4. The van der Waals surface area contributed by atoms with Gasteiger partial charge in [-0.1, -0.05) is 64.5 Å². The van der Waals surface area contributed by atoms with E-state index in [0.717, 1.165) is 122 Å². The molecule has 1 aromatic carbocycles. The molecule has 3 aliphatic heterocycles. The number of hydrogen-bond donors (Lipinski definition) is 10. The molecular weight excluding hydrogens is 1140 g/mol. The summed E-state index contributed by atoms with van der Waals surface area (Å²) in [5.41, 5.74) is 1.71. The first-order valence-electron chi connectivity index (χ1n) is 31.4. The molecule has 3 atom stereocenters. The van der Waals surface area contributed by atoms with Crippen molar-refractivity contribution in [2.24, 2.45) is 0 Å². The molecule has 492 valence electrons. The van der Waals surface area contributed by atoms with Crippen molar-refractivity contribution < 1.29 is 69.0 Å². The molecule has 29 heteroatoms. The number of benzene rings is 1. The van der Waals surface area contributed by atoms with Crippen LogP contribution in [0.4, 0.5) is 28.3 Å². The SMILES string of the molecule is CCN1CCN(CC)CCN(CC(=O)O)C(Cc2ccc(Nc3nc(N4CCN(CCCCCCCCCCC(=O)NCCCC[C@H](NC(=O)N[C@@H](CCC(=O)O)C(=O)O)C(=O)O)CC4)nc(N4CCN(CC(=O)O)CC4)n3)cc2)CN(CC(=O)O)CC1. The minimum Gasteiger partial charge on any atom is -0.481 e. The summed E-state index contributed by atoms with van der Waals surface area (Å²) in [6, 6.07) is 3.82. The minimum absolute atomic E-state index is 0.0338. The summed E-state index contributed by atoms with van der Waals surface area (Å²) in [4.78, 5) is 126. The van der Waals surface area contributed by atoms with Gasteiger partial charge in [-0.3, -0.25) is 43.6 Å². The number of unbranched alkanes of at least 4 members (excludes halogenated alkanes) is 8. The largest absolute Gasteiger partial charge is 0.481 e. The van der Waals surface area contributed by atoms with Crippen LogP contribution in [-0.2, 0) is 40.0 Å². The third-order valence-corrected chi connectivity index (χ3v) is 16.4. The van der Waals surface area contributed by atoms with Crippen LogP contribution in [0, 0.1) is 0 Å². The summed E-state index contributed by atoms with van der Waals surface area (Å²) >= 11 is 0. The van der Waals surface area contributed by atoms with Gasteiger partial charge in [0, 0.05) is 129 Å². The van der Waals surface area contributed by atoms with E-state index in [2.05, 4.69) is 59.6 Å². The molecule has 88 heavy (non-hydrogen) atoms. The van der Waals surface area contributed by atoms with E-state index in [9.17, 15) is 63.9 Å². The molecule has 0 aliphatic carbocycles. The molecule has 3 amide bonds. The van der Waals surface area contributed by atoms with Gasteiger partial charge in [0.2, 0.25) is 23.8 Å². The predicted octanol–water partition coefficient (Wildman–Crippen LogP) is 2.15. The van der Waals surface area contributed by atoms with E-state index in [1.807, 2.05) is 39.0 Å². The molecule has 4 heterocycles. The van der Waals surface area contributed by atoms with E-state index in [1.165, 1.54) is 0 Å². The number of aliphatic carboxylic acids is 6. The van der Waals surface area contributed by atoms with Gasteiger partial charge in [-0.25, -0.2) is 14.4 Å². The van der Waals surface area contributed by atoms with Gasteiger partial charge in [-0.15, -0.1) is 0 Å². The normalized spacial score (nSPS) is 18.1. The van der Waals surface area contributed by atoms with E-state index in [0.29, 0.717) is 109 Å². The quantitative estimate of drug-likeness (QED) is 0.0433. The highest BCUT2D eigenvalue weighted by Crippen LogP contribution is 2.24. The molecule has 0 radical (unpaired) electrons. The Morgan fingerprint density at radius 1 is 0.500 bits per heavy atom.